The number of carbonyl (C=O) groups is 1. The lowest BCUT2D eigenvalue weighted by Crippen LogP contribution is -2.12. The molecule has 3 rings (SSSR count). The highest BCUT2D eigenvalue weighted by Crippen LogP contribution is 2.24. The number of amides is 1. The largest absolute Gasteiger partial charge is 0.319 e. The number of aryl methyl sites for hydroxylation is 1. The molecule has 0 saturated carbocycles. The predicted octanol–water partition coefficient (Wildman–Crippen LogP) is 4.19. The van der Waals surface area contributed by atoms with Crippen molar-refractivity contribution in [1.29, 1.82) is 0 Å². The van der Waals surface area contributed by atoms with Crippen molar-refractivity contribution in [3.63, 3.8) is 0 Å². The molecule has 0 aliphatic heterocycles. The van der Waals surface area contributed by atoms with E-state index in [1.165, 1.54) is 5.56 Å². The fourth-order valence-corrected chi connectivity index (χ4v) is 2.93. The quantitative estimate of drug-likeness (QED) is 0.756. The molecule has 3 aromatic rings. The van der Waals surface area contributed by atoms with E-state index in [1.54, 1.807) is 12.4 Å². The zero-order chi connectivity index (χ0) is 17.3. The molecule has 0 atom stereocenters. The summed E-state index contributed by atoms with van der Waals surface area (Å²) in [6, 6.07) is 10.4. The van der Waals surface area contributed by atoms with Crippen LogP contribution in [-0.2, 0) is 0 Å². The van der Waals surface area contributed by atoms with Gasteiger partial charge in [-0.2, -0.15) is 5.10 Å². The van der Waals surface area contributed by atoms with Gasteiger partial charge in [0, 0.05) is 23.3 Å². The lowest BCUT2D eigenvalue weighted by Gasteiger charge is -2.13. The van der Waals surface area contributed by atoms with Gasteiger partial charge in [-0.05, 0) is 43.5 Å². The minimum Gasteiger partial charge on any atom is -0.319 e. The Morgan fingerprint density at radius 3 is 2.71 bits per heavy atom. The van der Waals surface area contributed by atoms with Crippen LogP contribution in [0.4, 0.5) is 5.69 Å². The second-order valence-electron chi connectivity index (χ2n) is 6.31. The monoisotopic (exact) mass is 322 g/mol. The average Bonchev–Trinajstić information content (AvgIpc) is 3.15. The highest BCUT2D eigenvalue weighted by Gasteiger charge is 2.17. The second kappa shape index (κ2) is 6.35. The third kappa shape index (κ3) is 2.97. The standard InChI is InChI=1S/C19H22N4O/c1-12(2)15-6-5-7-17(9-15)23-13(3)8-18(14(23)4)19(24)22-16-10-20-21-11-16/h5-12H,1-4H3,(H,20,21)(H,22,24). The van der Waals surface area contributed by atoms with Gasteiger partial charge in [0.25, 0.3) is 5.91 Å². The van der Waals surface area contributed by atoms with Crippen molar-refractivity contribution in [1.82, 2.24) is 14.8 Å². The number of hydrogen-bond acceptors (Lipinski definition) is 2. The summed E-state index contributed by atoms with van der Waals surface area (Å²) in [5.74, 6) is 0.334. The first kappa shape index (κ1) is 16.1. The van der Waals surface area contributed by atoms with Crippen LogP contribution in [0.1, 0.15) is 47.1 Å². The maximum atomic E-state index is 12.5. The van der Waals surface area contributed by atoms with Crippen LogP contribution in [-0.4, -0.2) is 20.7 Å². The molecular formula is C19H22N4O. The fourth-order valence-electron chi connectivity index (χ4n) is 2.93. The topological polar surface area (TPSA) is 62.7 Å². The number of aromatic amines is 1. The van der Waals surface area contributed by atoms with Crippen molar-refractivity contribution in [2.75, 3.05) is 5.32 Å². The zero-order valence-electron chi connectivity index (χ0n) is 14.4. The minimum atomic E-state index is -0.129. The van der Waals surface area contributed by atoms with Gasteiger partial charge in [-0.25, -0.2) is 0 Å². The van der Waals surface area contributed by atoms with Crippen LogP contribution in [0.15, 0.2) is 42.7 Å². The molecule has 1 amide bonds. The van der Waals surface area contributed by atoms with Crippen LogP contribution in [0.2, 0.25) is 0 Å². The van der Waals surface area contributed by atoms with E-state index in [-0.39, 0.29) is 5.91 Å². The molecule has 5 heteroatoms. The van der Waals surface area contributed by atoms with Gasteiger partial charge >= 0.3 is 0 Å². The maximum Gasteiger partial charge on any atom is 0.257 e. The fraction of sp³-hybridized carbons (Fsp3) is 0.263. The maximum absolute atomic E-state index is 12.5. The molecule has 0 bridgehead atoms. The average molecular weight is 322 g/mol. The van der Waals surface area contributed by atoms with Crippen molar-refractivity contribution < 1.29 is 4.79 Å². The number of benzene rings is 1. The molecule has 0 spiro atoms. The Labute approximate surface area is 141 Å². The molecule has 1 aromatic carbocycles. The van der Waals surface area contributed by atoms with Crippen LogP contribution >= 0.6 is 0 Å². The number of carbonyl (C=O) groups excluding carboxylic acids is 1. The van der Waals surface area contributed by atoms with E-state index in [0.29, 0.717) is 17.2 Å². The van der Waals surface area contributed by atoms with Crippen molar-refractivity contribution in [3.8, 4) is 5.69 Å². The number of nitrogens with zero attached hydrogens (tertiary/aromatic N) is 2. The molecule has 0 radical (unpaired) electrons. The molecule has 24 heavy (non-hydrogen) atoms. The van der Waals surface area contributed by atoms with E-state index in [4.69, 9.17) is 0 Å². The number of H-pyrrole nitrogens is 1. The van der Waals surface area contributed by atoms with Gasteiger partial charge in [0.1, 0.15) is 0 Å². The molecule has 2 N–H and O–H groups in total. The molecule has 2 heterocycles. The molecule has 0 unspecified atom stereocenters. The lowest BCUT2D eigenvalue weighted by atomic mass is 10.0. The van der Waals surface area contributed by atoms with E-state index in [0.717, 1.165) is 17.1 Å². The Hall–Kier alpha value is -2.82. The molecule has 0 aliphatic carbocycles. The highest BCUT2D eigenvalue weighted by molar-refractivity contribution is 6.05. The summed E-state index contributed by atoms with van der Waals surface area (Å²) in [5.41, 5.74) is 5.65. The van der Waals surface area contributed by atoms with E-state index >= 15 is 0 Å². The summed E-state index contributed by atoms with van der Waals surface area (Å²) < 4.78 is 2.12. The van der Waals surface area contributed by atoms with Crippen LogP contribution < -0.4 is 5.32 Å². The summed E-state index contributed by atoms with van der Waals surface area (Å²) in [4.78, 5) is 12.5. The summed E-state index contributed by atoms with van der Waals surface area (Å²) in [5, 5.41) is 9.39. The SMILES string of the molecule is Cc1cc(C(=O)Nc2cn[nH]c2)c(C)n1-c1cccc(C(C)C)c1. The minimum absolute atomic E-state index is 0.129. The Balaban J connectivity index is 1.97. The van der Waals surface area contributed by atoms with E-state index in [2.05, 4.69) is 58.2 Å². The smallest absolute Gasteiger partial charge is 0.257 e. The first-order valence-electron chi connectivity index (χ1n) is 8.06. The third-order valence-corrected chi connectivity index (χ3v) is 4.23. The number of anilines is 1. The zero-order valence-corrected chi connectivity index (χ0v) is 14.4. The molecular weight excluding hydrogens is 300 g/mol. The van der Waals surface area contributed by atoms with E-state index < -0.39 is 0 Å². The van der Waals surface area contributed by atoms with Gasteiger partial charge in [0.15, 0.2) is 0 Å². The number of rotatable bonds is 4. The molecule has 0 aliphatic rings. The van der Waals surface area contributed by atoms with Crippen molar-refractivity contribution in [3.05, 3.63) is 65.2 Å². The van der Waals surface area contributed by atoms with Crippen molar-refractivity contribution in [2.45, 2.75) is 33.6 Å². The van der Waals surface area contributed by atoms with Gasteiger partial charge in [0.05, 0.1) is 17.4 Å². The van der Waals surface area contributed by atoms with Gasteiger partial charge in [-0.3, -0.25) is 9.89 Å². The Kier molecular flexibility index (Phi) is 4.25. The molecule has 0 saturated heterocycles. The third-order valence-electron chi connectivity index (χ3n) is 4.23. The van der Waals surface area contributed by atoms with E-state index in [9.17, 15) is 4.79 Å². The van der Waals surface area contributed by atoms with E-state index in [1.807, 2.05) is 19.9 Å². The summed E-state index contributed by atoms with van der Waals surface area (Å²) in [6.45, 7) is 8.35. The normalized spacial score (nSPS) is 11.0. The lowest BCUT2D eigenvalue weighted by molar-refractivity contribution is 0.102. The molecule has 2 aromatic heterocycles. The van der Waals surface area contributed by atoms with Crippen LogP contribution in [0.5, 0.6) is 0 Å². The van der Waals surface area contributed by atoms with Gasteiger partial charge in [-0.1, -0.05) is 26.0 Å². The Morgan fingerprint density at radius 2 is 2.04 bits per heavy atom. The number of nitrogens with one attached hydrogen (secondary N) is 2. The molecule has 5 nitrogen and oxygen atoms in total. The Morgan fingerprint density at radius 1 is 1.25 bits per heavy atom. The summed E-state index contributed by atoms with van der Waals surface area (Å²) >= 11 is 0. The van der Waals surface area contributed by atoms with Gasteiger partial charge in [-0.15, -0.1) is 0 Å². The summed E-state index contributed by atoms with van der Waals surface area (Å²) in [7, 11) is 0. The van der Waals surface area contributed by atoms with Crippen molar-refractivity contribution in [2.24, 2.45) is 0 Å². The molecule has 124 valence electrons. The van der Waals surface area contributed by atoms with Crippen LogP contribution in [0.25, 0.3) is 5.69 Å². The van der Waals surface area contributed by atoms with Crippen molar-refractivity contribution >= 4 is 11.6 Å². The van der Waals surface area contributed by atoms with Gasteiger partial charge in [0.2, 0.25) is 0 Å². The predicted molar refractivity (Wildman–Crippen MR) is 95.9 cm³/mol. The highest BCUT2D eigenvalue weighted by atomic mass is 16.1. The summed E-state index contributed by atoms with van der Waals surface area (Å²) in [6.07, 6.45) is 3.24. The first-order chi connectivity index (χ1) is 11.5. The number of aromatic nitrogens is 3. The Bertz CT molecular complexity index is 860. The number of hydrogen-bond donors (Lipinski definition) is 2. The molecule has 0 fully saturated rings. The first-order valence-corrected chi connectivity index (χ1v) is 8.06. The second-order valence-corrected chi connectivity index (χ2v) is 6.31. The van der Waals surface area contributed by atoms with Crippen LogP contribution in [0.3, 0.4) is 0 Å². The van der Waals surface area contributed by atoms with Crippen LogP contribution in [0, 0.1) is 13.8 Å². The van der Waals surface area contributed by atoms with Gasteiger partial charge < -0.3 is 9.88 Å².